The van der Waals surface area contributed by atoms with Crippen LogP contribution in [-0.2, 0) is 22.2 Å². The molecule has 0 saturated carbocycles. The summed E-state index contributed by atoms with van der Waals surface area (Å²) in [4.78, 5) is 13.4. The van der Waals surface area contributed by atoms with Crippen LogP contribution in [0.3, 0.4) is 0 Å². The first-order chi connectivity index (χ1) is 13.6. The molecule has 1 aliphatic heterocycles. The van der Waals surface area contributed by atoms with E-state index in [2.05, 4.69) is 15.4 Å². The highest BCUT2D eigenvalue weighted by Gasteiger charge is 2.34. The molecule has 1 aromatic carbocycles. The van der Waals surface area contributed by atoms with E-state index in [9.17, 15) is 31.1 Å². The fraction of sp³-hybridized carbons (Fsp3) is 0.588. The second-order valence-corrected chi connectivity index (χ2v) is 6.22. The number of hydrogen-bond acceptors (Lipinski definition) is 4. The lowest BCUT2D eigenvalue weighted by atomic mass is 10.1. The van der Waals surface area contributed by atoms with Crippen LogP contribution in [0.5, 0.6) is 0 Å². The second-order valence-electron chi connectivity index (χ2n) is 6.22. The van der Waals surface area contributed by atoms with Gasteiger partial charge in [0.2, 0.25) is 0 Å². The Hall–Kier alpha value is -2.21. The van der Waals surface area contributed by atoms with Crippen molar-refractivity contribution in [3.05, 3.63) is 29.3 Å². The van der Waals surface area contributed by atoms with Gasteiger partial charge in [-0.15, -0.1) is 0 Å². The molecule has 0 radical (unpaired) electrons. The zero-order chi connectivity index (χ0) is 21.5. The zero-order valence-electron chi connectivity index (χ0n) is 15.3. The number of nitrogens with zero attached hydrogens (tertiary/aromatic N) is 1. The first kappa shape index (κ1) is 23.1. The van der Waals surface area contributed by atoms with E-state index in [-0.39, 0.29) is 18.7 Å². The highest BCUT2D eigenvalue weighted by molar-refractivity contribution is 5.73. The number of carbonyl (C=O) groups excluding carboxylic acids is 1. The normalized spacial score (nSPS) is 15.3. The molecule has 1 heterocycles. The molecular weight excluding hydrogens is 408 g/mol. The SMILES string of the molecule is O=C(NCCOCC(F)(F)F)NCc1ccc(N2CCOCC2)cc1C(F)(F)F. The fourth-order valence-corrected chi connectivity index (χ4v) is 2.66. The third-order valence-corrected chi connectivity index (χ3v) is 4.01. The van der Waals surface area contributed by atoms with E-state index in [0.717, 1.165) is 6.07 Å². The number of anilines is 1. The number of benzene rings is 1. The van der Waals surface area contributed by atoms with Gasteiger partial charge in [0.05, 0.1) is 25.4 Å². The lowest BCUT2D eigenvalue weighted by Crippen LogP contribution is -2.38. The maximum atomic E-state index is 13.4. The van der Waals surface area contributed by atoms with E-state index in [1.54, 1.807) is 11.0 Å². The minimum absolute atomic E-state index is 0.127. The Morgan fingerprint density at radius 2 is 1.79 bits per heavy atom. The molecule has 0 unspecified atom stereocenters. The molecule has 6 nitrogen and oxygen atoms in total. The lowest BCUT2D eigenvalue weighted by Gasteiger charge is -2.29. The number of rotatable bonds is 7. The fourth-order valence-electron chi connectivity index (χ4n) is 2.66. The number of halogens is 6. The minimum Gasteiger partial charge on any atom is -0.378 e. The number of urea groups is 1. The summed E-state index contributed by atoms with van der Waals surface area (Å²) in [5.41, 5.74) is -0.580. The van der Waals surface area contributed by atoms with E-state index in [1.807, 2.05) is 0 Å². The molecule has 1 saturated heterocycles. The zero-order valence-corrected chi connectivity index (χ0v) is 15.3. The molecule has 12 heteroatoms. The van der Waals surface area contributed by atoms with Gasteiger partial charge in [-0.1, -0.05) is 6.07 Å². The van der Waals surface area contributed by atoms with Crippen LogP contribution in [0.4, 0.5) is 36.8 Å². The first-order valence-corrected chi connectivity index (χ1v) is 8.75. The lowest BCUT2D eigenvalue weighted by molar-refractivity contribution is -0.173. The molecule has 2 N–H and O–H groups in total. The average Bonchev–Trinajstić information content (AvgIpc) is 2.65. The van der Waals surface area contributed by atoms with Crippen molar-refractivity contribution in [2.75, 3.05) is 51.0 Å². The predicted molar refractivity (Wildman–Crippen MR) is 91.6 cm³/mol. The molecule has 0 spiro atoms. The summed E-state index contributed by atoms with van der Waals surface area (Å²) in [7, 11) is 0. The molecule has 0 aliphatic carbocycles. The summed E-state index contributed by atoms with van der Waals surface area (Å²) < 4.78 is 85.5. The predicted octanol–water partition coefficient (Wildman–Crippen LogP) is 2.92. The monoisotopic (exact) mass is 429 g/mol. The van der Waals surface area contributed by atoms with Crippen LogP contribution in [0.25, 0.3) is 0 Å². The van der Waals surface area contributed by atoms with Crippen LogP contribution in [0.2, 0.25) is 0 Å². The van der Waals surface area contributed by atoms with Gasteiger partial charge in [-0.2, -0.15) is 26.3 Å². The third-order valence-electron chi connectivity index (χ3n) is 4.01. The Morgan fingerprint density at radius 3 is 2.41 bits per heavy atom. The summed E-state index contributed by atoms with van der Waals surface area (Å²) in [5.74, 6) is 0. The highest BCUT2D eigenvalue weighted by atomic mass is 19.4. The maximum Gasteiger partial charge on any atom is 0.416 e. The van der Waals surface area contributed by atoms with E-state index < -0.39 is 37.1 Å². The number of carbonyl (C=O) groups is 1. The minimum atomic E-state index is -4.61. The van der Waals surface area contributed by atoms with Crippen molar-refractivity contribution < 1.29 is 40.6 Å². The number of hydrogen-bond donors (Lipinski definition) is 2. The van der Waals surface area contributed by atoms with Crippen molar-refractivity contribution >= 4 is 11.7 Å². The number of ether oxygens (including phenoxy) is 2. The van der Waals surface area contributed by atoms with E-state index in [4.69, 9.17) is 4.74 Å². The van der Waals surface area contributed by atoms with Crippen molar-refractivity contribution in [2.24, 2.45) is 0 Å². The van der Waals surface area contributed by atoms with Crippen molar-refractivity contribution in [1.82, 2.24) is 10.6 Å². The van der Waals surface area contributed by atoms with Crippen LogP contribution in [0, 0.1) is 0 Å². The molecule has 1 aromatic rings. The average molecular weight is 429 g/mol. The van der Waals surface area contributed by atoms with Crippen LogP contribution < -0.4 is 15.5 Å². The Labute approximate surface area is 163 Å². The summed E-state index contributed by atoms with van der Waals surface area (Å²) >= 11 is 0. The molecule has 29 heavy (non-hydrogen) atoms. The van der Waals surface area contributed by atoms with Crippen LogP contribution in [0.1, 0.15) is 11.1 Å². The van der Waals surface area contributed by atoms with Gasteiger partial charge >= 0.3 is 18.4 Å². The number of nitrogens with one attached hydrogen (secondary N) is 2. The first-order valence-electron chi connectivity index (χ1n) is 8.75. The van der Waals surface area contributed by atoms with Crippen molar-refractivity contribution in [3.8, 4) is 0 Å². The van der Waals surface area contributed by atoms with Gasteiger partial charge in [-0.3, -0.25) is 0 Å². The largest absolute Gasteiger partial charge is 0.416 e. The van der Waals surface area contributed by atoms with Gasteiger partial charge in [-0.05, 0) is 17.7 Å². The van der Waals surface area contributed by atoms with E-state index >= 15 is 0 Å². The van der Waals surface area contributed by atoms with Crippen molar-refractivity contribution in [2.45, 2.75) is 18.9 Å². The Balaban J connectivity index is 1.89. The maximum absolute atomic E-state index is 13.4. The quantitative estimate of drug-likeness (QED) is 0.517. The van der Waals surface area contributed by atoms with Crippen LogP contribution in [-0.4, -0.2) is 58.3 Å². The molecule has 164 valence electrons. The molecular formula is C17H21F6N3O3. The van der Waals surface area contributed by atoms with Crippen molar-refractivity contribution in [1.29, 1.82) is 0 Å². The van der Waals surface area contributed by atoms with Gasteiger partial charge in [0.25, 0.3) is 0 Å². The van der Waals surface area contributed by atoms with Crippen molar-refractivity contribution in [3.63, 3.8) is 0 Å². The molecule has 1 aliphatic rings. The van der Waals surface area contributed by atoms with Crippen LogP contribution >= 0.6 is 0 Å². The molecule has 0 aromatic heterocycles. The van der Waals surface area contributed by atoms with Gasteiger partial charge in [0.15, 0.2) is 0 Å². The second kappa shape index (κ2) is 10.0. The highest BCUT2D eigenvalue weighted by Crippen LogP contribution is 2.35. The molecule has 1 fully saturated rings. The Morgan fingerprint density at radius 1 is 1.10 bits per heavy atom. The van der Waals surface area contributed by atoms with Gasteiger partial charge in [0, 0.05) is 31.9 Å². The number of morpholine rings is 1. The molecule has 2 amide bonds. The summed E-state index contributed by atoms with van der Waals surface area (Å²) in [6, 6.07) is 3.05. The van der Waals surface area contributed by atoms with Gasteiger partial charge < -0.3 is 25.0 Å². The summed E-state index contributed by atoms with van der Waals surface area (Å²) in [6.45, 7) is -0.621. The number of amides is 2. The third kappa shape index (κ3) is 7.97. The topological polar surface area (TPSA) is 62.8 Å². The van der Waals surface area contributed by atoms with Gasteiger partial charge in [0.1, 0.15) is 6.61 Å². The Bertz CT molecular complexity index is 675. The molecule has 0 atom stereocenters. The van der Waals surface area contributed by atoms with Gasteiger partial charge in [-0.25, -0.2) is 4.79 Å². The van der Waals surface area contributed by atoms with Crippen LogP contribution in [0.15, 0.2) is 18.2 Å². The smallest absolute Gasteiger partial charge is 0.378 e. The summed E-state index contributed by atoms with van der Waals surface area (Å²) in [5, 5.41) is 4.47. The molecule has 2 rings (SSSR count). The molecule has 0 bridgehead atoms. The summed E-state index contributed by atoms with van der Waals surface area (Å²) in [6.07, 6.45) is -9.08. The van der Waals surface area contributed by atoms with E-state index in [1.165, 1.54) is 6.07 Å². The Kier molecular flexibility index (Phi) is 7.96. The number of alkyl halides is 6. The van der Waals surface area contributed by atoms with E-state index in [0.29, 0.717) is 32.0 Å². The standard InChI is InChI=1S/C17H21F6N3O3/c18-16(19,20)11-29-6-3-24-15(27)25-10-12-1-2-13(9-14(12)17(21,22)23)26-4-7-28-8-5-26/h1-2,9H,3-8,10-11H2,(H2,24,25,27).